The second-order valence-electron chi connectivity index (χ2n) is 3.36. The average molecular weight is 231 g/mol. The maximum Gasteiger partial charge on any atom is 0.161 e. The molecule has 0 fully saturated rings. The largest absolute Gasteiger partial charge is 0.497 e. The molecule has 88 valence electrons. The Hall–Kier alpha value is -2.30. The summed E-state index contributed by atoms with van der Waals surface area (Å²) in [6, 6.07) is 5.26. The van der Waals surface area contributed by atoms with Crippen molar-refractivity contribution in [1.82, 2.24) is 9.97 Å². The molecule has 0 aliphatic rings. The number of benzene rings is 1. The molecule has 0 unspecified atom stereocenters. The summed E-state index contributed by atoms with van der Waals surface area (Å²) in [6.45, 7) is 0. The van der Waals surface area contributed by atoms with Gasteiger partial charge in [0.05, 0.1) is 19.9 Å². The second-order valence-corrected chi connectivity index (χ2v) is 3.36. The predicted molar refractivity (Wildman–Crippen MR) is 65.0 cm³/mol. The molecule has 0 amide bonds. The van der Waals surface area contributed by atoms with E-state index >= 15 is 0 Å². The summed E-state index contributed by atoms with van der Waals surface area (Å²) >= 11 is 0. The Labute approximate surface area is 99.2 Å². The smallest absolute Gasteiger partial charge is 0.161 e. The van der Waals surface area contributed by atoms with Crippen molar-refractivity contribution in [3.8, 4) is 22.9 Å². The van der Waals surface area contributed by atoms with Gasteiger partial charge in [-0.25, -0.2) is 9.97 Å². The Morgan fingerprint density at radius 1 is 1.06 bits per heavy atom. The van der Waals surface area contributed by atoms with Crippen molar-refractivity contribution in [1.29, 1.82) is 0 Å². The van der Waals surface area contributed by atoms with E-state index in [0.717, 1.165) is 0 Å². The summed E-state index contributed by atoms with van der Waals surface area (Å²) in [5.41, 5.74) is 7.18. The molecule has 0 saturated heterocycles. The summed E-state index contributed by atoms with van der Waals surface area (Å²) < 4.78 is 10.4. The minimum atomic E-state index is 0.500. The minimum absolute atomic E-state index is 0.500. The van der Waals surface area contributed by atoms with Gasteiger partial charge >= 0.3 is 0 Å². The van der Waals surface area contributed by atoms with Crippen molar-refractivity contribution in [3.63, 3.8) is 0 Å². The van der Waals surface area contributed by atoms with Crippen LogP contribution in [-0.4, -0.2) is 24.2 Å². The minimum Gasteiger partial charge on any atom is -0.497 e. The van der Waals surface area contributed by atoms with Crippen LogP contribution in [0.5, 0.6) is 11.5 Å². The summed E-state index contributed by atoms with van der Waals surface area (Å²) in [4.78, 5) is 8.32. The van der Waals surface area contributed by atoms with Gasteiger partial charge < -0.3 is 15.2 Å². The Balaban J connectivity index is 2.60. The number of nitrogens with zero attached hydrogens (tertiary/aromatic N) is 2. The zero-order chi connectivity index (χ0) is 12.3. The summed E-state index contributed by atoms with van der Waals surface area (Å²) in [5.74, 6) is 1.74. The number of hydrogen-bond donors (Lipinski definition) is 1. The molecule has 2 N–H and O–H groups in total. The van der Waals surface area contributed by atoms with E-state index in [2.05, 4.69) is 9.97 Å². The van der Waals surface area contributed by atoms with Crippen LogP contribution in [0.1, 0.15) is 0 Å². The number of anilines is 1. The standard InChI is InChI=1S/C12H13N3O2/c1-16-8-6-9(11(13)10(7-8)17-2)12-14-4-3-5-15-12/h3-7H,13H2,1-2H3. The molecule has 0 atom stereocenters. The molecule has 0 radical (unpaired) electrons. The number of nitrogens with two attached hydrogens (primary N) is 1. The van der Waals surface area contributed by atoms with E-state index in [1.807, 2.05) is 0 Å². The highest BCUT2D eigenvalue weighted by atomic mass is 16.5. The lowest BCUT2D eigenvalue weighted by atomic mass is 10.1. The van der Waals surface area contributed by atoms with Gasteiger partial charge in [-0.3, -0.25) is 0 Å². The molecule has 0 bridgehead atoms. The molecule has 2 rings (SSSR count). The summed E-state index contributed by atoms with van der Waals surface area (Å²) in [5, 5.41) is 0. The first-order chi connectivity index (χ1) is 8.26. The summed E-state index contributed by atoms with van der Waals surface area (Å²) in [6.07, 6.45) is 3.32. The van der Waals surface area contributed by atoms with Crippen molar-refractivity contribution in [2.75, 3.05) is 20.0 Å². The zero-order valence-corrected chi connectivity index (χ0v) is 9.68. The van der Waals surface area contributed by atoms with Crippen LogP contribution >= 0.6 is 0 Å². The number of rotatable bonds is 3. The molecule has 1 aromatic heterocycles. The van der Waals surface area contributed by atoms with Crippen LogP contribution in [0.3, 0.4) is 0 Å². The Morgan fingerprint density at radius 3 is 2.35 bits per heavy atom. The fourth-order valence-electron chi connectivity index (χ4n) is 1.51. The Kier molecular flexibility index (Phi) is 3.09. The normalized spacial score (nSPS) is 10.0. The van der Waals surface area contributed by atoms with Crippen molar-refractivity contribution in [2.45, 2.75) is 0 Å². The van der Waals surface area contributed by atoms with Crippen molar-refractivity contribution in [2.24, 2.45) is 0 Å². The van der Waals surface area contributed by atoms with Gasteiger partial charge in [0.2, 0.25) is 0 Å². The van der Waals surface area contributed by atoms with Crippen molar-refractivity contribution >= 4 is 5.69 Å². The molecule has 1 heterocycles. The molecule has 0 spiro atoms. The van der Waals surface area contributed by atoms with Crippen LogP contribution in [0.4, 0.5) is 5.69 Å². The summed E-state index contributed by atoms with van der Waals surface area (Å²) in [7, 11) is 3.14. The third kappa shape index (κ3) is 2.13. The lowest BCUT2D eigenvalue weighted by Gasteiger charge is -2.11. The topological polar surface area (TPSA) is 70.3 Å². The second kappa shape index (κ2) is 4.69. The van der Waals surface area contributed by atoms with E-state index in [1.54, 1.807) is 44.8 Å². The van der Waals surface area contributed by atoms with Gasteiger partial charge in [-0.15, -0.1) is 0 Å². The van der Waals surface area contributed by atoms with Gasteiger partial charge in [0.1, 0.15) is 11.5 Å². The zero-order valence-electron chi connectivity index (χ0n) is 9.68. The molecular formula is C12H13N3O2. The highest BCUT2D eigenvalue weighted by Crippen LogP contribution is 2.35. The van der Waals surface area contributed by atoms with Gasteiger partial charge in [-0.2, -0.15) is 0 Å². The third-order valence-electron chi connectivity index (χ3n) is 2.38. The fourth-order valence-corrected chi connectivity index (χ4v) is 1.51. The van der Waals surface area contributed by atoms with Crippen LogP contribution in [0.15, 0.2) is 30.6 Å². The van der Waals surface area contributed by atoms with Gasteiger partial charge in [0, 0.05) is 24.0 Å². The molecule has 0 aliphatic heterocycles. The Morgan fingerprint density at radius 2 is 1.76 bits per heavy atom. The SMILES string of the molecule is COc1cc(OC)c(N)c(-c2ncccn2)c1. The molecule has 1 aromatic carbocycles. The van der Waals surface area contributed by atoms with E-state index in [0.29, 0.717) is 28.6 Å². The maximum absolute atomic E-state index is 5.99. The van der Waals surface area contributed by atoms with Crippen LogP contribution in [0, 0.1) is 0 Å². The predicted octanol–water partition coefficient (Wildman–Crippen LogP) is 1.74. The van der Waals surface area contributed by atoms with Crippen LogP contribution in [0.25, 0.3) is 11.4 Å². The van der Waals surface area contributed by atoms with Crippen molar-refractivity contribution in [3.05, 3.63) is 30.6 Å². The van der Waals surface area contributed by atoms with E-state index < -0.39 is 0 Å². The highest BCUT2D eigenvalue weighted by molar-refractivity contribution is 5.78. The number of ether oxygens (including phenoxy) is 2. The maximum atomic E-state index is 5.99. The number of aromatic nitrogens is 2. The van der Waals surface area contributed by atoms with E-state index in [-0.39, 0.29) is 0 Å². The monoisotopic (exact) mass is 231 g/mol. The van der Waals surface area contributed by atoms with E-state index in [1.165, 1.54) is 0 Å². The van der Waals surface area contributed by atoms with Crippen LogP contribution in [0.2, 0.25) is 0 Å². The first-order valence-corrected chi connectivity index (χ1v) is 5.05. The van der Waals surface area contributed by atoms with Gasteiger partial charge in [0.25, 0.3) is 0 Å². The van der Waals surface area contributed by atoms with Gasteiger partial charge in [-0.1, -0.05) is 0 Å². The fraction of sp³-hybridized carbons (Fsp3) is 0.167. The average Bonchev–Trinajstić information content (AvgIpc) is 2.40. The highest BCUT2D eigenvalue weighted by Gasteiger charge is 2.12. The molecular weight excluding hydrogens is 218 g/mol. The lowest BCUT2D eigenvalue weighted by molar-refractivity contribution is 0.396. The molecule has 17 heavy (non-hydrogen) atoms. The Bertz CT molecular complexity index is 515. The number of methoxy groups -OCH3 is 2. The number of hydrogen-bond acceptors (Lipinski definition) is 5. The molecule has 5 heteroatoms. The quantitative estimate of drug-likeness (QED) is 0.815. The molecule has 0 aliphatic carbocycles. The van der Waals surface area contributed by atoms with E-state index in [4.69, 9.17) is 15.2 Å². The van der Waals surface area contributed by atoms with Crippen molar-refractivity contribution < 1.29 is 9.47 Å². The van der Waals surface area contributed by atoms with E-state index in [9.17, 15) is 0 Å². The number of nitrogen functional groups attached to an aromatic ring is 1. The first kappa shape index (κ1) is 11.2. The first-order valence-electron chi connectivity index (χ1n) is 5.05. The van der Waals surface area contributed by atoms with Gasteiger partial charge in [0.15, 0.2) is 5.82 Å². The lowest BCUT2D eigenvalue weighted by Crippen LogP contribution is -1.99. The molecule has 0 saturated carbocycles. The molecule has 2 aromatic rings. The van der Waals surface area contributed by atoms with Crippen LogP contribution in [-0.2, 0) is 0 Å². The molecule has 5 nitrogen and oxygen atoms in total. The third-order valence-corrected chi connectivity index (χ3v) is 2.38. The van der Waals surface area contributed by atoms with Crippen LogP contribution < -0.4 is 15.2 Å². The van der Waals surface area contributed by atoms with Gasteiger partial charge in [-0.05, 0) is 12.1 Å².